The lowest BCUT2D eigenvalue weighted by Gasteiger charge is -2.14. The van der Waals surface area contributed by atoms with E-state index in [-0.39, 0.29) is 0 Å². The van der Waals surface area contributed by atoms with Gasteiger partial charge in [0.2, 0.25) is 6.08 Å². The maximum absolute atomic E-state index is 9.75. The fourth-order valence-corrected chi connectivity index (χ4v) is 0.509. The van der Waals surface area contributed by atoms with E-state index in [1.807, 2.05) is 0 Å². The SMILES string of the molecule is COCC(C)(C)N=C=O. The molecule has 0 rings (SSSR count). The molecule has 0 saturated heterocycles. The van der Waals surface area contributed by atoms with E-state index in [0.717, 1.165) is 0 Å². The minimum Gasteiger partial charge on any atom is -0.382 e. The smallest absolute Gasteiger partial charge is 0.235 e. The molecular formula is C6H11NO2. The van der Waals surface area contributed by atoms with E-state index in [9.17, 15) is 4.79 Å². The Hall–Kier alpha value is -0.660. The number of ether oxygens (including phenoxy) is 1. The van der Waals surface area contributed by atoms with Crippen LogP contribution >= 0.6 is 0 Å². The molecule has 0 N–H and O–H groups in total. The fourth-order valence-electron chi connectivity index (χ4n) is 0.509. The number of aliphatic imine (C=N–C) groups is 1. The molecule has 0 aromatic rings. The molecule has 0 fully saturated rings. The average Bonchev–Trinajstić information content (AvgIpc) is 1.64. The van der Waals surface area contributed by atoms with Crippen molar-refractivity contribution in [2.75, 3.05) is 13.7 Å². The molecule has 0 radical (unpaired) electrons. The molecule has 9 heavy (non-hydrogen) atoms. The van der Waals surface area contributed by atoms with Crippen LogP contribution in [-0.4, -0.2) is 25.3 Å². The molecule has 0 unspecified atom stereocenters. The van der Waals surface area contributed by atoms with Crippen molar-refractivity contribution in [3.63, 3.8) is 0 Å². The van der Waals surface area contributed by atoms with Crippen molar-refractivity contribution in [2.24, 2.45) is 4.99 Å². The maximum atomic E-state index is 9.75. The first-order valence-corrected chi connectivity index (χ1v) is 2.70. The maximum Gasteiger partial charge on any atom is 0.235 e. The number of hydrogen-bond donors (Lipinski definition) is 0. The second kappa shape index (κ2) is 3.38. The van der Waals surface area contributed by atoms with Gasteiger partial charge in [-0.3, -0.25) is 0 Å². The van der Waals surface area contributed by atoms with Crippen molar-refractivity contribution in [3.8, 4) is 0 Å². The molecule has 0 amide bonds. The lowest BCUT2D eigenvalue weighted by molar-refractivity contribution is 0.150. The van der Waals surface area contributed by atoms with Crippen molar-refractivity contribution in [2.45, 2.75) is 19.4 Å². The second-order valence-corrected chi connectivity index (χ2v) is 2.45. The Balaban J connectivity index is 3.85. The summed E-state index contributed by atoms with van der Waals surface area (Å²) in [6.07, 6.45) is 1.49. The zero-order valence-electron chi connectivity index (χ0n) is 5.97. The van der Waals surface area contributed by atoms with Crippen LogP contribution in [-0.2, 0) is 9.53 Å². The molecule has 0 aliphatic carbocycles. The number of nitrogens with zero attached hydrogens (tertiary/aromatic N) is 1. The molecular weight excluding hydrogens is 118 g/mol. The molecule has 52 valence electrons. The fraction of sp³-hybridized carbons (Fsp3) is 0.833. The topological polar surface area (TPSA) is 38.7 Å². The van der Waals surface area contributed by atoms with Gasteiger partial charge in [0.25, 0.3) is 0 Å². The van der Waals surface area contributed by atoms with Gasteiger partial charge in [0.1, 0.15) is 0 Å². The van der Waals surface area contributed by atoms with Gasteiger partial charge in [-0.1, -0.05) is 0 Å². The molecule has 0 aromatic carbocycles. The number of methoxy groups -OCH3 is 1. The molecule has 0 aliphatic heterocycles. The lowest BCUT2D eigenvalue weighted by Crippen LogP contribution is -2.22. The summed E-state index contributed by atoms with van der Waals surface area (Å²) < 4.78 is 4.79. The molecule has 0 aliphatic rings. The monoisotopic (exact) mass is 129 g/mol. The lowest BCUT2D eigenvalue weighted by atomic mass is 10.1. The zero-order valence-corrected chi connectivity index (χ0v) is 5.97. The number of isocyanates is 1. The van der Waals surface area contributed by atoms with Gasteiger partial charge >= 0.3 is 0 Å². The van der Waals surface area contributed by atoms with Crippen LogP contribution in [0.15, 0.2) is 4.99 Å². The molecule has 0 atom stereocenters. The molecule has 0 aromatic heterocycles. The highest BCUT2D eigenvalue weighted by Gasteiger charge is 2.14. The minimum atomic E-state index is -0.420. The van der Waals surface area contributed by atoms with E-state index in [2.05, 4.69) is 4.99 Å². The first-order chi connectivity index (χ1) is 4.12. The summed E-state index contributed by atoms with van der Waals surface area (Å²) in [5.41, 5.74) is -0.420. The Bertz CT molecular complexity index is 125. The molecule has 0 heterocycles. The predicted octanol–water partition coefficient (Wildman–Crippen LogP) is 0.747. The third kappa shape index (κ3) is 3.88. The van der Waals surface area contributed by atoms with Gasteiger partial charge < -0.3 is 4.74 Å². The van der Waals surface area contributed by atoms with Crippen molar-refractivity contribution < 1.29 is 9.53 Å². The van der Waals surface area contributed by atoms with Gasteiger partial charge in [0.05, 0.1) is 12.1 Å². The summed E-state index contributed by atoms with van der Waals surface area (Å²) in [4.78, 5) is 13.3. The molecule has 3 nitrogen and oxygen atoms in total. The van der Waals surface area contributed by atoms with E-state index >= 15 is 0 Å². The van der Waals surface area contributed by atoms with Crippen LogP contribution in [0.2, 0.25) is 0 Å². The normalized spacial score (nSPS) is 10.6. The van der Waals surface area contributed by atoms with Crippen LogP contribution in [0.5, 0.6) is 0 Å². The van der Waals surface area contributed by atoms with Crippen molar-refractivity contribution >= 4 is 6.08 Å². The quantitative estimate of drug-likeness (QED) is 0.416. The molecule has 3 heteroatoms. The van der Waals surface area contributed by atoms with E-state index in [0.29, 0.717) is 6.61 Å². The minimum absolute atomic E-state index is 0.420. The average molecular weight is 129 g/mol. The van der Waals surface area contributed by atoms with Gasteiger partial charge in [0, 0.05) is 7.11 Å². The van der Waals surface area contributed by atoms with Gasteiger partial charge in [0.15, 0.2) is 0 Å². The molecule has 0 spiro atoms. The van der Waals surface area contributed by atoms with Gasteiger partial charge in [-0.05, 0) is 13.8 Å². The first kappa shape index (κ1) is 8.34. The summed E-state index contributed by atoms with van der Waals surface area (Å²) >= 11 is 0. The van der Waals surface area contributed by atoms with Crippen molar-refractivity contribution in [3.05, 3.63) is 0 Å². The van der Waals surface area contributed by atoms with Gasteiger partial charge in [-0.15, -0.1) is 0 Å². The van der Waals surface area contributed by atoms with Crippen LogP contribution in [0, 0.1) is 0 Å². The Kier molecular flexibility index (Phi) is 3.13. The van der Waals surface area contributed by atoms with Crippen molar-refractivity contribution in [1.82, 2.24) is 0 Å². The second-order valence-electron chi connectivity index (χ2n) is 2.45. The van der Waals surface area contributed by atoms with E-state index in [1.54, 1.807) is 21.0 Å². The third-order valence-electron chi connectivity index (χ3n) is 0.846. The number of carbonyl (C=O) groups excluding carboxylic acids is 1. The van der Waals surface area contributed by atoms with Crippen molar-refractivity contribution in [1.29, 1.82) is 0 Å². The van der Waals surface area contributed by atoms with Crippen LogP contribution in [0.1, 0.15) is 13.8 Å². The number of rotatable bonds is 3. The molecule has 0 saturated carbocycles. The summed E-state index contributed by atoms with van der Waals surface area (Å²) in [7, 11) is 1.57. The summed E-state index contributed by atoms with van der Waals surface area (Å²) in [5.74, 6) is 0. The third-order valence-corrected chi connectivity index (χ3v) is 0.846. The van der Waals surface area contributed by atoms with Gasteiger partial charge in [-0.25, -0.2) is 4.79 Å². The van der Waals surface area contributed by atoms with E-state index < -0.39 is 5.54 Å². The first-order valence-electron chi connectivity index (χ1n) is 2.70. The van der Waals surface area contributed by atoms with Crippen LogP contribution in [0.3, 0.4) is 0 Å². The van der Waals surface area contributed by atoms with Crippen LogP contribution in [0.25, 0.3) is 0 Å². The highest BCUT2D eigenvalue weighted by Crippen LogP contribution is 2.06. The van der Waals surface area contributed by atoms with Crippen LogP contribution < -0.4 is 0 Å². The number of hydrogen-bond acceptors (Lipinski definition) is 3. The summed E-state index contributed by atoms with van der Waals surface area (Å²) in [6.45, 7) is 4.06. The Labute approximate surface area is 54.7 Å². The Morgan fingerprint density at radius 1 is 1.67 bits per heavy atom. The Morgan fingerprint density at radius 3 is 2.56 bits per heavy atom. The Morgan fingerprint density at radius 2 is 2.22 bits per heavy atom. The highest BCUT2D eigenvalue weighted by atomic mass is 16.5. The van der Waals surface area contributed by atoms with E-state index in [1.165, 1.54) is 6.08 Å². The van der Waals surface area contributed by atoms with E-state index in [4.69, 9.17) is 4.74 Å². The summed E-state index contributed by atoms with van der Waals surface area (Å²) in [5, 5.41) is 0. The summed E-state index contributed by atoms with van der Waals surface area (Å²) in [6, 6.07) is 0. The zero-order chi connectivity index (χ0) is 7.33. The predicted molar refractivity (Wildman–Crippen MR) is 34.1 cm³/mol. The molecule has 0 bridgehead atoms. The van der Waals surface area contributed by atoms with Crippen LogP contribution in [0.4, 0.5) is 0 Å². The standard InChI is InChI=1S/C6H11NO2/c1-6(2,4-9-3)7-5-8/h4H2,1-3H3. The van der Waals surface area contributed by atoms with Gasteiger partial charge in [-0.2, -0.15) is 4.99 Å². The highest BCUT2D eigenvalue weighted by molar-refractivity contribution is 5.34. The largest absolute Gasteiger partial charge is 0.382 e.